The molecule has 0 aliphatic carbocycles. The van der Waals surface area contributed by atoms with Crippen LogP contribution in [0.25, 0.3) is 0 Å². The fraction of sp³-hybridized carbons (Fsp3) is 0.600. The first-order valence-corrected chi connectivity index (χ1v) is 9.13. The predicted octanol–water partition coefficient (Wildman–Crippen LogP) is 4.08. The van der Waals surface area contributed by atoms with Gasteiger partial charge >= 0.3 is 5.97 Å². The number of likely N-dealkylation sites (tertiary alicyclic amines) is 1. The van der Waals surface area contributed by atoms with Gasteiger partial charge < -0.3 is 4.74 Å². The lowest BCUT2D eigenvalue weighted by molar-refractivity contribution is -0.143. The Kier molecular flexibility index (Phi) is 12.8. The number of carbonyl (C=O) groups is 2. The molecule has 1 unspecified atom stereocenters. The molecule has 0 saturated carbocycles. The minimum absolute atomic E-state index is 0.0249. The quantitative estimate of drug-likeness (QED) is 0.735. The highest BCUT2D eigenvalue weighted by molar-refractivity contribution is 5.85. The first-order valence-electron chi connectivity index (χ1n) is 9.13. The Balaban J connectivity index is 0.00000123. The van der Waals surface area contributed by atoms with Gasteiger partial charge in [-0.2, -0.15) is 0 Å². The van der Waals surface area contributed by atoms with E-state index in [0.717, 1.165) is 13.1 Å². The van der Waals surface area contributed by atoms with E-state index < -0.39 is 0 Å². The Bertz CT molecular complexity index is 459. The number of esters is 1. The molecule has 0 N–H and O–H groups in total. The number of hydrogen-bond acceptors (Lipinski definition) is 4. The molecule has 1 aliphatic rings. The molecule has 1 atom stereocenters. The molecule has 2 rings (SSSR count). The van der Waals surface area contributed by atoms with Gasteiger partial charge in [0.05, 0.1) is 13.2 Å². The van der Waals surface area contributed by atoms with E-state index in [0.29, 0.717) is 26.0 Å². The Hall–Kier alpha value is -1.68. The number of benzene rings is 1. The highest BCUT2D eigenvalue weighted by atomic mass is 16.5. The molecular weight excluding hydrogens is 302 g/mol. The lowest BCUT2D eigenvalue weighted by atomic mass is 10.0. The molecule has 0 radical (unpaired) electrons. The first-order chi connectivity index (χ1) is 11.7. The SMILES string of the molecule is CC.CC.CCOC(=O)CCC1CN(Cc2ccccc2)CC1=O. The third-order valence-corrected chi connectivity index (χ3v) is 3.56. The molecule has 24 heavy (non-hydrogen) atoms. The zero-order valence-electron chi connectivity index (χ0n) is 15.9. The molecule has 1 aromatic rings. The molecule has 1 saturated heterocycles. The van der Waals surface area contributed by atoms with Crippen molar-refractivity contribution in [3.63, 3.8) is 0 Å². The number of rotatable bonds is 6. The summed E-state index contributed by atoms with van der Waals surface area (Å²) >= 11 is 0. The minimum Gasteiger partial charge on any atom is -0.466 e. The van der Waals surface area contributed by atoms with E-state index in [1.54, 1.807) is 6.92 Å². The topological polar surface area (TPSA) is 46.6 Å². The van der Waals surface area contributed by atoms with Crippen molar-refractivity contribution in [2.45, 2.75) is 54.0 Å². The second-order valence-electron chi connectivity index (χ2n) is 5.16. The van der Waals surface area contributed by atoms with Crippen molar-refractivity contribution in [2.24, 2.45) is 5.92 Å². The van der Waals surface area contributed by atoms with Crippen LogP contribution in [0, 0.1) is 5.92 Å². The van der Waals surface area contributed by atoms with Crippen LogP contribution in [0.1, 0.15) is 53.0 Å². The molecule has 1 heterocycles. The number of hydrogen-bond donors (Lipinski definition) is 0. The number of Topliss-reactive ketones (excluding diaryl/α,β-unsaturated/α-hetero) is 1. The van der Waals surface area contributed by atoms with Gasteiger partial charge in [-0.15, -0.1) is 0 Å². The van der Waals surface area contributed by atoms with E-state index in [-0.39, 0.29) is 17.7 Å². The van der Waals surface area contributed by atoms with E-state index in [4.69, 9.17) is 4.74 Å². The first kappa shape index (κ1) is 22.3. The zero-order valence-corrected chi connectivity index (χ0v) is 15.9. The van der Waals surface area contributed by atoms with Gasteiger partial charge in [-0.25, -0.2) is 0 Å². The fourth-order valence-corrected chi connectivity index (χ4v) is 2.57. The van der Waals surface area contributed by atoms with E-state index in [1.807, 2.05) is 45.9 Å². The summed E-state index contributed by atoms with van der Waals surface area (Å²) < 4.78 is 4.90. The van der Waals surface area contributed by atoms with Gasteiger partial charge in [-0.3, -0.25) is 14.5 Å². The number of carbonyl (C=O) groups excluding carboxylic acids is 2. The highest BCUT2D eigenvalue weighted by Crippen LogP contribution is 2.20. The molecule has 0 aromatic heterocycles. The van der Waals surface area contributed by atoms with Gasteiger partial charge in [0.15, 0.2) is 5.78 Å². The van der Waals surface area contributed by atoms with Crippen LogP contribution in [0.3, 0.4) is 0 Å². The van der Waals surface area contributed by atoms with Gasteiger partial charge in [0.1, 0.15) is 0 Å². The lowest BCUT2D eigenvalue weighted by Gasteiger charge is -2.14. The molecule has 136 valence electrons. The normalized spacial score (nSPS) is 16.5. The van der Waals surface area contributed by atoms with Crippen LogP contribution in [0.2, 0.25) is 0 Å². The van der Waals surface area contributed by atoms with Crippen LogP contribution in [0.4, 0.5) is 0 Å². The second-order valence-corrected chi connectivity index (χ2v) is 5.16. The van der Waals surface area contributed by atoms with Crippen molar-refractivity contribution < 1.29 is 14.3 Å². The maximum Gasteiger partial charge on any atom is 0.305 e. The Morgan fingerprint density at radius 2 is 1.79 bits per heavy atom. The summed E-state index contributed by atoms with van der Waals surface area (Å²) in [5.74, 6) is 0.00940. The maximum atomic E-state index is 12.0. The van der Waals surface area contributed by atoms with Crippen molar-refractivity contribution in [1.82, 2.24) is 4.90 Å². The average molecular weight is 335 g/mol. The summed E-state index contributed by atoms with van der Waals surface area (Å²) in [7, 11) is 0. The summed E-state index contributed by atoms with van der Waals surface area (Å²) in [4.78, 5) is 25.4. The van der Waals surface area contributed by atoms with Gasteiger partial charge in [0.2, 0.25) is 0 Å². The van der Waals surface area contributed by atoms with E-state index in [9.17, 15) is 9.59 Å². The second kappa shape index (κ2) is 13.7. The fourth-order valence-electron chi connectivity index (χ4n) is 2.57. The smallest absolute Gasteiger partial charge is 0.305 e. The van der Waals surface area contributed by atoms with E-state index in [1.165, 1.54) is 5.56 Å². The summed E-state index contributed by atoms with van der Waals surface area (Å²) in [5.41, 5.74) is 1.21. The van der Waals surface area contributed by atoms with Crippen molar-refractivity contribution in [2.75, 3.05) is 19.7 Å². The van der Waals surface area contributed by atoms with Crippen molar-refractivity contribution in [1.29, 1.82) is 0 Å². The van der Waals surface area contributed by atoms with Crippen LogP contribution in [-0.2, 0) is 20.9 Å². The largest absolute Gasteiger partial charge is 0.466 e. The highest BCUT2D eigenvalue weighted by Gasteiger charge is 2.30. The molecule has 1 fully saturated rings. The Morgan fingerprint density at radius 3 is 2.38 bits per heavy atom. The predicted molar refractivity (Wildman–Crippen MR) is 98.8 cm³/mol. The molecule has 0 spiro atoms. The Labute approximate surface area is 147 Å². The van der Waals surface area contributed by atoms with Gasteiger partial charge in [-0.1, -0.05) is 58.0 Å². The minimum atomic E-state index is -0.207. The standard InChI is InChI=1S/C16H21NO3.2C2H6/c1-2-20-16(19)9-8-14-11-17(12-15(14)18)10-13-6-4-3-5-7-13;2*1-2/h3-7,14H,2,8-12H2,1H3;2*1-2H3. The van der Waals surface area contributed by atoms with Crippen molar-refractivity contribution in [3.8, 4) is 0 Å². The van der Waals surface area contributed by atoms with Gasteiger partial charge in [0, 0.05) is 25.4 Å². The summed E-state index contributed by atoms with van der Waals surface area (Å²) in [6.45, 7) is 12.2. The zero-order chi connectivity index (χ0) is 18.4. The third-order valence-electron chi connectivity index (χ3n) is 3.56. The molecule has 4 heteroatoms. The summed E-state index contributed by atoms with van der Waals surface area (Å²) in [6.07, 6.45) is 0.937. The monoisotopic (exact) mass is 335 g/mol. The van der Waals surface area contributed by atoms with Gasteiger partial charge in [0.25, 0.3) is 0 Å². The van der Waals surface area contributed by atoms with Crippen LogP contribution < -0.4 is 0 Å². The maximum absolute atomic E-state index is 12.0. The number of ketones is 1. The molecule has 0 bridgehead atoms. The lowest BCUT2D eigenvalue weighted by Crippen LogP contribution is -2.20. The average Bonchev–Trinajstić information content (AvgIpc) is 2.97. The van der Waals surface area contributed by atoms with Crippen molar-refractivity contribution in [3.05, 3.63) is 35.9 Å². The van der Waals surface area contributed by atoms with Crippen LogP contribution >= 0.6 is 0 Å². The summed E-state index contributed by atoms with van der Waals surface area (Å²) in [5, 5.41) is 0. The van der Waals surface area contributed by atoms with E-state index in [2.05, 4.69) is 17.0 Å². The molecule has 4 nitrogen and oxygen atoms in total. The third kappa shape index (κ3) is 8.25. The van der Waals surface area contributed by atoms with Crippen molar-refractivity contribution >= 4 is 11.8 Å². The van der Waals surface area contributed by atoms with Crippen LogP contribution in [-0.4, -0.2) is 36.3 Å². The molecule has 0 amide bonds. The molecule has 1 aliphatic heterocycles. The number of nitrogens with zero attached hydrogens (tertiary/aromatic N) is 1. The number of ether oxygens (including phenoxy) is 1. The summed E-state index contributed by atoms with van der Waals surface area (Å²) in [6, 6.07) is 10.1. The Morgan fingerprint density at radius 1 is 1.17 bits per heavy atom. The van der Waals surface area contributed by atoms with E-state index >= 15 is 0 Å². The van der Waals surface area contributed by atoms with Crippen LogP contribution in [0.15, 0.2) is 30.3 Å². The molecular formula is C20H33NO3. The molecule has 1 aromatic carbocycles. The van der Waals surface area contributed by atoms with Gasteiger partial charge in [-0.05, 0) is 18.9 Å². The van der Waals surface area contributed by atoms with Crippen LogP contribution in [0.5, 0.6) is 0 Å².